The van der Waals surface area contributed by atoms with Crippen LogP contribution in [0.25, 0.3) is 0 Å². The Hall–Kier alpha value is 0.140. The van der Waals surface area contributed by atoms with Crippen molar-refractivity contribution in [1.29, 1.82) is 0 Å². The third-order valence-electron chi connectivity index (χ3n) is 0.530. The van der Waals surface area contributed by atoms with E-state index in [1.54, 1.807) is 0 Å². The minimum Gasteiger partial charge on any atom is -0.171 e. The predicted molar refractivity (Wildman–Crippen MR) is 28.5 cm³/mol. The largest absolute Gasteiger partial charge is 0.389 e. The van der Waals surface area contributed by atoms with Crippen LogP contribution in [0, 0.1) is 6.26 Å². The van der Waals surface area contributed by atoms with Crippen molar-refractivity contribution in [2.75, 3.05) is 5.75 Å². The van der Waals surface area contributed by atoms with E-state index in [4.69, 9.17) is 0 Å². The summed E-state index contributed by atoms with van der Waals surface area (Å²) >= 11 is 0.958. The zero-order chi connectivity index (χ0) is 6.62. The van der Waals surface area contributed by atoms with Gasteiger partial charge in [-0.3, -0.25) is 0 Å². The van der Waals surface area contributed by atoms with E-state index in [0.717, 1.165) is 11.8 Å². The summed E-state index contributed by atoms with van der Waals surface area (Å²) in [6.07, 6.45) is -1.54. The summed E-state index contributed by atoms with van der Waals surface area (Å²) in [5.41, 5.74) is 0. The van der Waals surface area contributed by atoms with Crippen LogP contribution in [-0.4, -0.2) is 11.9 Å². The fourth-order valence-corrected chi connectivity index (χ4v) is 0.564. The summed E-state index contributed by atoms with van der Waals surface area (Å²) in [4.78, 5) is 0. The fourth-order valence-electron chi connectivity index (χ4n) is 0.188. The summed E-state index contributed by atoms with van der Waals surface area (Å²) in [7, 11) is 0. The summed E-state index contributed by atoms with van der Waals surface area (Å²) in [6.45, 7) is 0. The van der Waals surface area contributed by atoms with E-state index in [0.29, 0.717) is 0 Å². The number of alkyl halides is 3. The molecule has 0 aliphatic rings. The molecule has 0 N–H and O–H groups in total. The van der Waals surface area contributed by atoms with Crippen LogP contribution in [-0.2, 0) is 0 Å². The molecule has 0 unspecified atom stereocenters. The molecule has 0 aliphatic carbocycles. The zero-order valence-electron chi connectivity index (χ0n) is 4.16. The van der Waals surface area contributed by atoms with Crippen LogP contribution >= 0.6 is 11.8 Å². The van der Waals surface area contributed by atoms with E-state index >= 15 is 0 Å². The van der Waals surface area contributed by atoms with Crippen molar-refractivity contribution in [3.05, 3.63) is 6.26 Å². The highest BCUT2D eigenvalue weighted by molar-refractivity contribution is 8.00. The number of halogens is 3. The molecule has 8 heavy (non-hydrogen) atoms. The minimum atomic E-state index is -4.01. The maximum Gasteiger partial charge on any atom is 0.389 e. The van der Waals surface area contributed by atoms with Crippen LogP contribution in [0.5, 0.6) is 0 Å². The lowest BCUT2D eigenvalue weighted by atomic mass is 10.5. The maximum atomic E-state index is 11.2. The molecular weight excluding hydrogens is 137 g/mol. The number of hydrogen-bond acceptors (Lipinski definition) is 1. The molecule has 0 saturated carbocycles. The van der Waals surface area contributed by atoms with Gasteiger partial charge in [-0.2, -0.15) is 24.9 Å². The Bertz CT molecular complexity index is 58.8. The normalized spacial score (nSPS) is 12.0. The van der Waals surface area contributed by atoms with E-state index < -0.39 is 12.6 Å². The molecule has 0 aromatic heterocycles. The molecule has 0 spiro atoms. The smallest absolute Gasteiger partial charge is 0.171 e. The number of thioether (sulfide) groups is 1. The number of rotatable bonds is 2. The van der Waals surface area contributed by atoms with E-state index in [-0.39, 0.29) is 5.75 Å². The van der Waals surface area contributed by atoms with Crippen molar-refractivity contribution in [3.63, 3.8) is 0 Å². The molecule has 0 aromatic rings. The quantitative estimate of drug-likeness (QED) is 0.572. The lowest BCUT2D eigenvalue weighted by molar-refractivity contribution is -0.129. The van der Waals surface area contributed by atoms with Gasteiger partial charge in [0, 0.05) is 12.0 Å². The molecule has 0 nitrogen and oxygen atoms in total. The van der Waals surface area contributed by atoms with Gasteiger partial charge in [0.2, 0.25) is 0 Å². The Morgan fingerprint density at radius 2 is 1.88 bits per heavy atom. The number of hydrogen-bond donors (Lipinski definition) is 0. The highest BCUT2D eigenvalue weighted by Crippen LogP contribution is 2.21. The standard InChI is InChI=1S/C4H6F3S/c1-8-3-2-4(5,6)7/h1-3H2. The Kier molecular flexibility index (Phi) is 3.28. The Balaban J connectivity index is 3.11. The van der Waals surface area contributed by atoms with E-state index in [9.17, 15) is 13.2 Å². The highest BCUT2D eigenvalue weighted by atomic mass is 32.2. The second-order valence-electron chi connectivity index (χ2n) is 1.27. The SMILES string of the molecule is [CH2]SCCC(F)(F)F. The van der Waals surface area contributed by atoms with Crippen LogP contribution < -0.4 is 0 Å². The van der Waals surface area contributed by atoms with Crippen molar-refractivity contribution in [1.82, 2.24) is 0 Å². The van der Waals surface area contributed by atoms with Gasteiger partial charge in [-0.1, -0.05) is 0 Å². The highest BCUT2D eigenvalue weighted by Gasteiger charge is 2.25. The molecule has 0 rings (SSSR count). The third-order valence-corrected chi connectivity index (χ3v) is 1.02. The molecule has 0 bridgehead atoms. The first kappa shape index (κ1) is 8.14. The average molecular weight is 143 g/mol. The Morgan fingerprint density at radius 3 is 2.00 bits per heavy atom. The van der Waals surface area contributed by atoms with Gasteiger partial charge < -0.3 is 0 Å². The fraction of sp³-hybridized carbons (Fsp3) is 0.750. The molecule has 0 atom stereocenters. The van der Waals surface area contributed by atoms with Gasteiger partial charge in [-0.25, -0.2) is 0 Å². The Labute approximate surface area is 50.5 Å². The zero-order valence-corrected chi connectivity index (χ0v) is 4.98. The maximum absolute atomic E-state index is 11.2. The van der Waals surface area contributed by atoms with Crippen LogP contribution in [0.2, 0.25) is 0 Å². The van der Waals surface area contributed by atoms with Gasteiger partial charge >= 0.3 is 6.18 Å². The van der Waals surface area contributed by atoms with E-state index in [2.05, 4.69) is 6.26 Å². The summed E-state index contributed by atoms with van der Waals surface area (Å²) < 4.78 is 33.6. The van der Waals surface area contributed by atoms with Crippen LogP contribution in [0.1, 0.15) is 6.42 Å². The van der Waals surface area contributed by atoms with Crippen molar-refractivity contribution in [2.45, 2.75) is 12.6 Å². The lowest BCUT2D eigenvalue weighted by Crippen LogP contribution is -2.07. The van der Waals surface area contributed by atoms with Crippen LogP contribution in [0.3, 0.4) is 0 Å². The molecule has 0 heterocycles. The van der Waals surface area contributed by atoms with Crippen LogP contribution in [0.4, 0.5) is 13.2 Å². The van der Waals surface area contributed by atoms with Gasteiger partial charge in [-0.15, -0.1) is 0 Å². The molecule has 0 aromatic carbocycles. The topological polar surface area (TPSA) is 0 Å². The first-order valence-electron chi connectivity index (χ1n) is 2.00. The monoisotopic (exact) mass is 143 g/mol. The predicted octanol–water partition coefficient (Wildman–Crippen LogP) is 2.46. The Morgan fingerprint density at radius 1 is 1.38 bits per heavy atom. The van der Waals surface area contributed by atoms with E-state index in [1.165, 1.54) is 0 Å². The molecule has 1 radical (unpaired) electrons. The molecular formula is C4H6F3S. The van der Waals surface area contributed by atoms with Crippen molar-refractivity contribution >= 4 is 11.8 Å². The molecule has 0 fully saturated rings. The first-order valence-corrected chi connectivity index (χ1v) is 3.15. The molecule has 0 aliphatic heterocycles. The molecule has 0 amide bonds. The van der Waals surface area contributed by atoms with Gasteiger partial charge in [0.25, 0.3) is 0 Å². The summed E-state index contributed by atoms with van der Waals surface area (Å²) in [5, 5.41) is 0. The van der Waals surface area contributed by atoms with E-state index in [1.807, 2.05) is 0 Å². The summed E-state index contributed by atoms with van der Waals surface area (Å²) in [5.74, 6) is 0.0590. The van der Waals surface area contributed by atoms with Gasteiger partial charge in [0.05, 0.1) is 6.42 Å². The van der Waals surface area contributed by atoms with Gasteiger partial charge in [-0.05, 0) is 0 Å². The minimum absolute atomic E-state index is 0.0590. The van der Waals surface area contributed by atoms with Crippen LogP contribution in [0.15, 0.2) is 0 Å². The van der Waals surface area contributed by atoms with Crippen molar-refractivity contribution < 1.29 is 13.2 Å². The molecule has 4 heteroatoms. The second-order valence-corrected chi connectivity index (χ2v) is 2.09. The third kappa shape index (κ3) is 6.14. The first-order chi connectivity index (χ1) is 3.56. The van der Waals surface area contributed by atoms with Gasteiger partial charge in [0.15, 0.2) is 0 Å². The average Bonchev–Trinajstić information content (AvgIpc) is 1.59. The summed E-state index contributed by atoms with van der Waals surface area (Å²) in [6, 6.07) is 0. The molecule has 49 valence electrons. The van der Waals surface area contributed by atoms with Crippen molar-refractivity contribution in [3.8, 4) is 0 Å². The van der Waals surface area contributed by atoms with Gasteiger partial charge in [0.1, 0.15) is 0 Å². The molecule has 0 saturated heterocycles. The lowest BCUT2D eigenvalue weighted by Gasteiger charge is -2.01. The second kappa shape index (κ2) is 3.22. The van der Waals surface area contributed by atoms with Crippen molar-refractivity contribution in [2.24, 2.45) is 0 Å².